The lowest BCUT2D eigenvalue weighted by Gasteiger charge is -2.48. The Morgan fingerprint density at radius 1 is 1.44 bits per heavy atom. The molecule has 1 unspecified atom stereocenters. The van der Waals surface area contributed by atoms with Gasteiger partial charge in [-0.1, -0.05) is 13.8 Å². The molecule has 3 aliphatic carbocycles. The number of carbonyl (C=O) groups is 2. The minimum absolute atomic E-state index is 0.0280. The maximum atomic E-state index is 12.8. The molecule has 0 amide bonds. The SMILES string of the molecule is CCC(C)C(=O)O[C@@H]1OC=C2[C@@H]3C[C@@H]4C[C@]25[C@H]1CC[C@H]5[C@]4(C)C(=O)O3. The molecule has 2 heterocycles. The Hall–Kier alpha value is -1.52. The normalized spacial score (nSPS) is 49.8. The van der Waals surface area contributed by atoms with Crippen LogP contribution in [0, 0.1) is 34.5 Å². The highest BCUT2D eigenvalue weighted by Crippen LogP contribution is 2.76. The fourth-order valence-corrected chi connectivity index (χ4v) is 6.68. The van der Waals surface area contributed by atoms with Gasteiger partial charge in [-0.05, 0) is 50.9 Å². The molecular weight excluding hydrogens is 320 g/mol. The lowest BCUT2D eigenvalue weighted by molar-refractivity contribution is -0.198. The van der Waals surface area contributed by atoms with E-state index in [-0.39, 0.29) is 46.6 Å². The summed E-state index contributed by atoms with van der Waals surface area (Å²) < 4.78 is 17.5. The van der Waals surface area contributed by atoms with Crippen LogP contribution < -0.4 is 0 Å². The zero-order valence-corrected chi connectivity index (χ0v) is 15.1. The van der Waals surface area contributed by atoms with Crippen LogP contribution in [0.5, 0.6) is 0 Å². The van der Waals surface area contributed by atoms with Crippen molar-refractivity contribution in [2.24, 2.45) is 34.5 Å². The molecule has 1 saturated heterocycles. The number of hydrogen-bond acceptors (Lipinski definition) is 5. The summed E-state index contributed by atoms with van der Waals surface area (Å²) in [6.07, 6.45) is 5.72. The summed E-state index contributed by atoms with van der Waals surface area (Å²) in [5.41, 5.74) is 0.693. The summed E-state index contributed by atoms with van der Waals surface area (Å²) in [5, 5.41) is 0. The van der Waals surface area contributed by atoms with E-state index in [1.165, 1.54) is 0 Å². The van der Waals surface area contributed by atoms with Crippen molar-refractivity contribution >= 4 is 11.9 Å². The Balaban J connectivity index is 1.54. The minimum atomic E-state index is -0.523. The second-order valence-corrected chi connectivity index (χ2v) is 8.91. The summed E-state index contributed by atoms with van der Waals surface area (Å²) in [6, 6.07) is 0. The van der Waals surface area contributed by atoms with Crippen molar-refractivity contribution in [3.8, 4) is 0 Å². The van der Waals surface area contributed by atoms with Gasteiger partial charge in [0.1, 0.15) is 6.10 Å². The third kappa shape index (κ3) is 1.65. The number of rotatable bonds is 3. The molecule has 5 aliphatic rings. The van der Waals surface area contributed by atoms with Gasteiger partial charge in [-0.15, -0.1) is 0 Å². The highest BCUT2D eigenvalue weighted by molar-refractivity contribution is 5.81. The van der Waals surface area contributed by atoms with Gasteiger partial charge in [0.05, 0.1) is 17.6 Å². The Bertz CT molecular complexity index is 684. The van der Waals surface area contributed by atoms with Crippen molar-refractivity contribution in [1.29, 1.82) is 0 Å². The fraction of sp³-hybridized carbons (Fsp3) is 0.800. The van der Waals surface area contributed by atoms with Gasteiger partial charge in [0.25, 0.3) is 0 Å². The first-order valence-electron chi connectivity index (χ1n) is 9.70. The van der Waals surface area contributed by atoms with E-state index in [4.69, 9.17) is 14.2 Å². The number of esters is 2. The molecule has 5 nitrogen and oxygen atoms in total. The van der Waals surface area contributed by atoms with Gasteiger partial charge in [0, 0.05) is 16.9 Å². The molecule has 0 aromatic heterocycles. The molecule has 1 spiro atoms. The van der Waals surface area contributed by atoms with Crippen LogP contribution >= 0.6 is 0 Å². The molecule has 8 atom stereocenters. The number of hydrogen-bond donors (Lipinski definition) is 0. The maximum Gasteiger partial charge on any atom is 0.312 e. The van der Waals surface area contributed by atoms with Crippen molar-refractivity contribution in [2.75, 3.05) is 0 Å². The third-order valence-electron chi connectivity index (χ3n) is 8.18. The largest absolute Gasteiger partial charge is 0.462 e. The average molecular weight is 346 g/mol. The summed E-state index contributed by atoms with van der Waals surface area (Å²) in [4.78, 5) is 25.1. The van der Waals surface area contributed by atoms with Crippen molar-refractivity contribution < 1.29 is 23.8 Å². The van der Waals surface area contributed by atoms with Crippen LogP contribution in [0.25, 0.3) is 0 Å². The Labute approximate surface area is 148 Å². The molecule has 3 bridgehead atoms. The first-order valence-corrected chi connectivity index (χ1v) is 9.70. The smallest absolute Gasteiger partial charge is 0.312 e. The highest BCUT2D eigenvalue weighted by Gasteiger charge is 2.77. The third-order valence-corrected chi connectivity index (χ3v) is 8.18. The standard InChI is InChI=1S/C20H26O5/c1-4-10(2)16(21)25-17-12-5-6-15-19(3)11-7-14(24-18(19)22)13(9-23-17)20(12,15)8-11/h9-12,14-15,17H,4-8H2,1-3H3/t10?,11-,12+,14+,15+,17+,19-,20+/m1/s1. The van der Waals surface area contributed by atoms with E-state index in [9.17, 15) is 9.59 Å². The maximum absolute atomic E-state index is 12.8. The average Bonchev–Trinajstić information content (AvgIpc) is 3.04. The summed E-state index contributed by atoms with van der Waals surface area (Å²) in [7, 11) is 0. The van der Waals surface area contributed by atoms with Gasteiger partial charge >= 0.3 is 11.9 Å². The van der Waals surface area contributed by atoms with E-state index >= 15 is 0 Å². The Morgan fingerprint density at radius 2 is 2.24 bits per heavy atom. The zero-order chi connectivity index (χ0) is 17.6. The van der Waals surface area contributed by atoms with Crippen molar-refractivity contribution in [2.45, 2.75) is 65.3 Å². The van der Waals surface area contributed by atoms with Crippen LogP contribution in [0.1, 0.15) is 52.9 Å². The quantitative estimate of drug-likeness (QED) is 0.735. The summed E-state index contributed by atoms with van der Waals surface area (Å²) in [6.45, 7) is 5.98. The molecule has 5 heteroatoms. The molecule has 136 valence electrons. The highest BCUT2D eigenvalue weighted by atomic mass is 16.7. The van der Waals surface area contributed by atoms with Crippen molar-refractivity contribution in [1.82, 2.24) is 0 Å². The molecule has 0 radical (unpaired) electrons. The fourth-order valence-electron chi connectivity index (χ4n) is 6.68. The van der Waals surface area contributed by atoms with E-state index in [1.54, 1.807) is 6.26 Å². The van der Waals surface area contributed by atoms with Gasteiger partial charge in [0.15, 0.2) is 0 Å². The first kappa shape index (κ1) is 15.7. The second-order valence-electron chi connectivity index (χ2n) is 8.91. The number of carbonyl (C=O) groups excluding carboxylic acids is 2. The summed E-state index contributed by atoms with van der Waals surface area (Å²) >= 11 is 0. The van der Waals surface area contributed by atoms with Gasteiger partial charge in [-0.3, -0.25) is 9.59 Å². The van der Waals surface area contributed by atoms with Crippen LogP contribution in [-0.2, 0) is 23.8 Å². The second kappa shape index (κ2) is 4.80. The molecule has 2 aliphatic heterocycles. The Morgan fingerprint density at radius 3 is 3.00 bits per heavy atom. The van der Waals surface area contributed by atoms with Crippen LogP contribution in [-0.4, -0.2) is 24.3 Å². The van der Waals surface area contributed by atoms with Gasteiger partial charge in [0.2, 0.25) is 6.29 Å². The lowest BCUT2D eigenvalue weighted by Crippen LogP contribution is -2.49. The molecule has 3 saturated carbocycles. The topological polar surface area (TPSA) is 61.8 Å². The van der Waals surface area contributed by atoms with Crippen molar-refractivity contribution in [3.05, 3.63) is 11.8 Å². The van der Waals surface area contributed by atoms with Gasteiger partial charge in [-0.2, -0.15) is 0 Å². The van der Waals surface area contributed by atoms with E-state index in [0.717, 1.165) is 37.7 Å². The van der Waals surface area contributed by atoms with Crippen LogP contribution in [0.2, 0.25) is 0 Å². The van der Waals surface area contributed by atoms with Crippen LogP contribution in [0.3, 0.4) is 0 Å². The summed E-state index contributed by atoms with van der Waals surface area (Å²) in [5.74, 6) is 0.482. The van der Waals surface area contributed by atoms with Crippen LogP contribution in [0.4, 0.5) is 0 Å². The molecule has 4 fully saturated rings. The Kier molecular flexibility index (Phi) is 3.02. The van der Waals surface area contributed by atoms with E-state index < -0.39 is 6.29 Å². The molecule has 0 aromatic carbocycles. The van der Waals surface area contributed by atoms with Crippen LogP contribution in [0.15, 0.2) is 11.8 Å². The molecule has 25 heavy (non-hydrogen) atoms. The molecule has 0 aromatic rings. The van der Waals surface area contributed by atoms with E-state index in [1.807, 2.05) is 13.8 Å². The molecular formula is C20H26O5. The predicted octanol–water partition coefficient (Wildman–Crippen LogP) is 3.18. The monoisotopic (exact) mass is 346 g/mol. The van der Waals surface area contributed by atoms with E-state index in [2.05, 4.69) is 6.92 Å². The predicted molar refractivity (Wildman–Crippen MR) is 87.9 cm³/mol. The molecule has 5 rings (SSSR count). The van der Waals surface area contributed by atoms with Gasteiger partial charge < -0.3 is 14.2 Å². The number of fused-ring (bicyclic) bond motifs is 3. The van der Waals surface area contributed by atoms with Crippen molar-refractivity contribution in [3.63, 3.8) is 0 Å². The zero-order valence-electron chi connectivity index (χ0n) is 15.1. The molecule has 0 N–H and O–H groups in total. The lowest BCUT2D eigenvalue weighted by atomic mass is 9.62. The minimum Gasteiger partial charge on any atom is -0.462 e. The van der Waals surface area contributed by atoms with E-state index in [0.29, 0.717) is 5.92 Å². The first-order chi connectivity index (χ1) is 11.9. The van der Waals surface area contributed by atoms with Gasteiger partial charge in [-0.25, -0.2) is 0 Å². The number of ether oxygens (including phenoxy) is 3.